The Morgan fingerprint density at radius 3 is 2.42 bits per heavy atom. The predicted octanol–water partition coefficient (Wildman–Crippen LogP) is 2.15. The van der Waals surface area contributed by atoms with Gasteiger partial charge in [0.2, 0.25) is 0 Å². The highest BCUT2D eigenvalue weighted by Crippen LogP contribution is 2.20. The Bertz CT molecular complexity index is 863. The molecule has 0 heterocycles. The van der Waals surface area contributed by atoms with Crippen LogP contribution in [0.2, 0.25) is 0 Å². The Balaban J connectivity index is 2.22. The molecule has 0 radical (unpaired) electrons. The quantitative estimate of drug-likeness (QED) is 0.612. The molecule has 0 aliphatic carbocycles. The highest BCUT2D eigenvalue weighted by atomic mass is 32.2. The van der Waals surface area contributed by atoms with E-state index in [1.807, 2.05) is 0 Å². The van der Waals surface area contributed by atoms with Crippen molar-refractivity contribution in [3.8, 4) is 0 Å². The lowest BCUT2D eigenvalue weighted by atomic mass is 10.2. The molecule has 0 saturated carbocycles. The third-order valence-corrected chi connectivity index (χ3v) is 4.45. The van der Waals surface area contributed by atoms with Crippen molar-refractivity contribution in [2.24, 2.45) is 0 Å². The average Bonchev–Trinajstić information content (AvgIpc) is 2.55. The van der Waals surface area contributed by atoms with E-state index in [1.165, 1.54) is 42.5 Å². The maximum atomic E-state index is 12.3. The van der Waals surface area contributed by atoms with Crippen molar-refractivity contribution in [1.29, 1.82) is 0 Å². The van der Waals surface area contributed by atoms with Gasteiger partial charge in [0.25, 0.3) is 21.6 Å². The molecule has 2 N–H and O–H groups in total. The lowest BCUT2D eigenvalue weighted by molar-refractivity contribution is -0.385. The number of hydrogen-bond acceptors (Lipinski definition) is 5. The number of nitro groups is 1. The minimum Gasteiger partial charge on any atom is -0.352 e. The molecule has 24 heavy (non-hydrogen) atoms. The van der Waals surface area contributed by atoms with Crippen molar-refractivity contribution in [3.05, 3.63) is 64.2 Å². The maximum absolute atomic E-state index is 12.3. The van der Waals surface area contributed by atoms with Crippen molar-refractivity contribution in [3.63, 3.8) is 0 Å². The summed E-state index contributed by atoms with van der Waals surface area (Å²) in [6, 6.07) is 10.6. The second-order valence-electron chi connectivity index (χ2n) is 4.80. The van der Waals surface area contributed by atoms with Crippen LogP contribution in [0.4, 0.5) is 11.4 Å². The van der Waals surface area contributed by atoms with Crippen LogP contribution in [0.25, 0.3) is 0 Å². The van der Waals surface area contributed by atoms with Gasteiger partial charge in [0.05, 0.1) is 9.82 Å². The number of rotatable bonds is 6. The smallest absolute Gasteiger partial charge is 0.270 e. The van der Waals surface area contributed by atoms with Crippen molar-refractivity contribution in [2.45, 2.75) is 11.8 Å². The van der Waals surface area contributed by atoms with Crippen LogP contribution in [-0.2, 0) is 10.0 Å². The summed E-state index contributed by atoms with van der Waals surface area (Å²) in [7, 11) is -3.97. The van der Waals surface area contributed by atoms with Gasteiger partial charge in [0.15, 0.2) is 0 Å². The molecular formula is C15H15N3O5S. The van der Waals surface area contributed by atoms with E-state index >= 15 is 0 Å². The maximum Gasteiger partial charge on any atom is 0.270 e. The first-order valence-electron chi connectivity index (χ1n) is 6.99. The van der Waals surface area contributed by atoms with Crippen molar-refractivity contribution < 1.29 is 18.1 Å². The summed E-state index contributed by atoms with van der Waals surface area (Å²) < 4.78 is 26.9. The molecule has 0 saturated heterocycles. The second-order valence-corrected chi connectivity index (χ2v) is 6.48. The standard InChI is InChI=1S/C15H15N3O5S/c1-2-16-15(19)11-6-8-12(9-7-11)17-24(22,23)14-5-3-4-13(10-14)18(20)21/h3-10,17H,2H2,1H3,(H,16,19). The Morgan fingerprint density at radius 1 is 1.17 bits per heavy atom. The minimum atomic E-state index is -3.97. The number of benzene rings is 2. The fourth-order valence-electron chi connectivity index (χ4n) is 1.93. The summed E-state index contributed by atoms with van der Waals surface area (Å²) in [5.41, 5.74) is 0.328. The van der Waals surface area contributed by atoms with E-state index in [-0.39, 0.29) is 22.2 Å². The topological polar surface area (TPSA) is 118 Å². The van der Waals surface area contributed by atoms with Crippen LogP contribution in [0.1, 0.15) is 17.3 Å². The van der Waals surface area contributed by atoms with E-state index < -0.39 is 14.9 Å². The lowest BCUT2D eigenvalue weighted by Crippen LogP contribution is -2.22. The molecule has 8 nitrogen and oxygen atoms in total. The van der Waals surface area contributed by atoms with E-state index in [9.17, 15) is 23.3 Å². The molecule has 2 rings (SSSR count). The summed E-state index contributed by atoms with van der Waals surface area (Å²) in [5, 5.41) is 13.4. The van der Waals surface area contributed by atoms with Gasteiger partial charge < -0.3 is 5.32 Å². The van der Waals surface area contributed by atoms with Gasteiger partial charge >= 0.3 is 0 Å². The third kappa shape index (κ3) is 4.07. The Morgan fingerprint density at radius 2 is 1.83 bits per heavy atom. The Labute approximate surface area is 138 Å². The fraction of sp³-hybridized carbons (Fsp3) is 0.133. The van der Waals surface area contributed by atoms with Crippen molar-refractivity contribution in [1.82, 2.24) is 5.32 Å². The number of nitro benzene ring substituents is 1. The number of carbonyl (C=O) groups is 1. The zero-order valence-corrected chi connectivity index (χ0v) is 13.5. The van der Waals surface area contributed by atoms with Gasteiger partial charge in [-0.1, -0.05) is 6.07 Å². The van der Waals surface area contributed by atoms with Crippen LogP contribution in [0.15, 0.2) is 53.4 Å². The van der Waals surface area contributed by atoms with Gasteiger partial charge in [-0.3, -0.25) is 19.6 Å². The first kappa shape index (κ1) is 17.4. The van der Waals surface area contributed by atoms with Gasteiger partial charge in [-0.15, -0.1) is 0 Å². The highest BCUT2D eigenvalue weighted by Gasteiger charge is 2.18. The highest BCUT2D eigenvalue weighted by molar-refractivity contribution is 7.92. The molecule has 0 atom stereocenters. The number of nitrogens with zero attached hydrogens (tertiary/aromatic N) is 1. The molecule has 0 spiro atoms. The number of anilines is 1. The molecular weight excluding hydrogens is 334 g/mol. The Hall–Kier alpha value is -2.94. The summed E-state index contributed by atoms with van der Waals surface area (Å²) in [4.78, 5) is 21.5. The van der Waals surface area contributed by atoms with Crippen LogP contribution in [0.3, 0.4) is 0 Å². The molecule has 0 aliphatic rings. The largest absolute Gasteiger partial charge is 0.352 e. The van der Waals surface area contributed by atoms with E-state index in [2.05, 4.69) is 10.0 Å². The predicted molar refractivity (Wildman–Crippen MR) is 88.4 cm³/mol. The first-order chi connectivity index (χ1) is 11.3. The second kappa shape index (κ2) is 7.09. The zero-order chi connectivity index (χ0) is 17.7. The normalized spacial score (nSPS) is 10.9. The van der Waals surface area contributed by atoms with Crippen molar-refractivity contribution in [2.75, 3.05) is 11.3 Å². The average molecular weight is 349 g/mol. The SMILES string of the molecule is CCNC(=O)c1ccc(NS(=O)(=O)c2cccc([N+](=O)[O-])c2)cc1. The molecule has 0 bridgehead atoms. The van der Waals surface area contributed by atoms with E-state index in [4.69, 9.17) is 0 Å². The number of hydrogen-bond donors (Lipinski definition) is 2. The van der Waals surface area contributed by atoms with Gasteiger partial charge in [-0.25, -0.2) is 8.42 Å². The van der Waals surface area contributed by atoms with Crippen LogP contribution < -0.4 is 10.0 Å². The fourth-order valence-corrected chi connectivity index (χ4v) is 3.03. The molecule has 2 aromatic carbocycles. The molecule has 9 heteroatoms. The van der Waals surface area contributed by atoms with Gasteiger partial charge in [0, 0.05) is 29.9 Å². The minimum absolute atomic E-state index is 0.218. The Kier molecular flexibility index (Phi) is 5.14. The van der Waals surface area contributed by atoms with Gasteiger partial charge in [0.1, 0.15) is 0 Å². The number of amides is 1. The zero-order valence-electron chi connectivity index (χ0n) is 12.7. The summed E-state index contributed by atoms with van der Waals surface area (Å²) in [6.07, 6.45) is 0. The number of sulfonamides is 1. The van der Waals surface area contributed by atoms with Gasteiger partial charge in [-0.05, 0) is 37.3 Å². The number of non-ortho nitro benzene ring substituents is 1. The molecule has 0 aromatic heterocycles. The van der Waals surface area contributed by atoms with Crippen LogP contribution >= 0.6 is 0 Å². The lowest BCUT2D eigenvalue weighted by Gasteiger charge is -2.09. The molecule has 126 valence electrons. The number of nitrogens with one attached hydrogen (secondary N) is 2. The summed E-state index contributed by atoms with van der Waals surface area (Å²) in [6.45, 7) is 2.28. The third-order valence-electron chi connectivity index (χ3n) is 3.08. The number of carbonyl (C=O) groups excluding carboxylic acids is 1. The van der Waals surface area contributed by atoms with Crippen LogP contribution in [-0.4, -0.2) is 25.8 Å². The molecule has 2 aromatic rings. The van der Waals surface area contributed by atoms with E-state index in [0.717, 1.165) is 6.07 Å². The van der Waals surface area contributed by atoms with Crippen LogP contribution in [0.5, 0.6) is 0 Å². The summed E-state index contributed by atoms with van der Waals surface area (Å²) in [5.74, 6) is -0.259. The van der Waals surface area contributed by atoms with E-state index in [0.29, 0.717) is 12.1 Å². The molecule has 0 unspecified atom stereocenters. The van der Waals surface area contributed by atoms with E-state index in [1.54, 1.807) is 6.92 Å². The first-order valence-corrected chi connectivity index (χ1v) is 8.47. The van der Waals surface area contributed by atoms with Crippen molar-refractivity contribution >= 4 is 27.3 Å². The van der Waals surface area contributed by atoms with Gasteiger partial charge in [-0.2, -0.15) is 0 Å². The molecule has 0 aliphatic heterocycles. The monoisotopic (exact) mass is 349 g/mol. The summed E-state index contributed by atoms with van der Waals surface area (Å²) >= 11 is 0. The molecule has 1 amide bonds. The molecule has 0 fully saturated rings. The van der Waals surface area contributed by atoms with Crippen LogP contribution in [0, 0.1) is 10.1 Å².